The minimum atomic E-state index is -0.494. The highest BCUT2D eigenvalue weighted by Gasteiger charge is 2.17. The van der Waals surface area contributed by atoms with Crippen molar-refractivity contribution in [2.45, 2.75) is 20.3 Å². The molecule has 0 spiro atoms. The number of carbonyl (C=O) groups excluding carboxylic acids is 2. The Morgan fingerprint density at radius 1 is 1.25 bits per heavy atom. The summed E-state index contributed by atoms with van der Waals surface area (Å²) in [6.45, 7) is 3.74. The molecule has 0 radical (unpaired) electrons. The molecule has 0 saturated heterocycles. The van der Waals surface area contributed by atoms with E-state index in [9.17, 15) is 9.59 Å². The summed E-state index contributed by atoms with van der Waals surface area (Å²) in [5.41, 5.74) is 1.67. The van der Waals surface area contributed by atoms with E-state index in [4.69, 9.17) is 21.7 Å². The molecule has 0 fully saturated rings. The molecule has 0 atom stereocenters. The SMILES string of the molecule is C/C=C(C(=O)OC)\C(=C/c1ccccc1)NC(=S)CC(=O)OCC. The lowest BCUT2D eigenvalue weighted by atomic mass is 10.1. The van der Waals surface area contributed by atoms with E-state index in [1.54, 1.807) is 26.0 Å². The van der Waals surface area contributed by atoms with Crippen molar-refractivity contribution in [2.75, 3.05) is 13.7 Å². The summed E-state index contributed by atoms with van der Waals surface area (Å²) in [6.07, 6.45) is 3.33. The lowest BCUT2D eigenvalue weighted by molar-refractivity contribution is -0.141. The third-order valence-corrected chi connectivity index (χ3v) is 3.23. The van der Waals surface area contributed by atoms with Crippen LogP contribution in [0.3, 0.4) is 0 Å². The van der Waals surface area contributed by atoms with Gasteiger partial charge in [0.1, 0.15) is 0 Å². The van der Waals surface area contributed by atoms with Crippen LogP contribution in [-0.2, 0) is 19.1 Å². The third kappa shape index (κ3) is 6.34. The molecular weight excluding hydrogens is 326 g/mol. The highest BCUT2D eigenvalue weighted by atomic mass is 32.1. The van der Waals surface area contributed by atoms with E-state index in [2.05, 4.69) is 5.32 Å². The molecule has 1 aromatic carbocycles. The molecule has 0 aliphatic carbocycles. The summed E-state index contributed by atoms with van der Waals surface area (Å²) in [5, 5.41) is 2.94. The quantitative estimate of drug-likeness (QED) is 0.354. The Bertz CT molecular complexity index is 650. The van der Waals surface area contributed by atoms with E-state index in [0.29, 0.717) is 11.3 Å². The Kier molecular flexibility index (Phi) is 8.43. The lowest BCUT2D eigenvalue weighted by Crippen LogP contribution is -2.27. The van der Waals surface area contributed by atoms with Gasteiger partial charge >= 0.3 is 11.9 Å². The van der Waals surface area contributed by atoms with Crippen molar-refractivity contribution < 1.29 is 19.1 Å². The van der Waals surface area contributed by atoms with Crippen LogP contribution < -0.4 is 5.32 Å². The molecule has 0 aromatic heterocycles. The fourth-order valence-electron chi connectivity index (χ4n) is 1.93. The number of nitrogens with one attached hydrogen (secondary N) is 1. The Morgan fingerprint density at radius 2 is 1.92 bits per heavy atom. The molecule has 1 aromatic rings. The first-order chi connectivity index (χ1) is 11.5. The lowest BCUT2D eigenvalue weighted by Gasteiger charge is -2.14. The van der Waals surface area contributed by atoms with Crippen molar-refractivity contribution >= 4 is 35.2 Å². The average molecular weight is 347 g/mol. The van der Waals surface area contributed by atoms with Crippen molar-refractivity contribution in [2.24, 2.45) is 0 Å². The van der Waals surface area contributed by atoms with Gasteiger partial charge in [-0.2, -0.15) is 0 Å². The number of hydrogen-bond acceptors (Lipinski definition) is 5. The smallest absolute Gasteiger partial charge is 0.339 e. The Hall–Kier alpha value is -2.47. The number of methoxy groups -OCH3 is 1. The van der Waals surface area contributed by atoms with E-state index in [1.165, 1.54) is 7.11 Å². The zero-order valence-corrected chi connectivity index (χ0v) is 14.8. The van der Waals surface area contributed by atoms with Crippen molar-refractivity contribution in [1.29, 1.82) is 0 Å². The van der Waals surface area contributed by atoms with Gasteiger partial charge in [0, 0.05) is 0 Å². The van der Waals surface area contributed by atoms with Crippen LogP contribution >= 0.6 is 12.2 Å². The van der Waals surface area contributed by atoms with Gasteiger partial charge < -0.3 is 14.8 Å². The van der Waals surface area contributed by atoms with E-state index < -0.39 is 11.9 Å². The summed E-state index contributed by atoms with van der Waals surface area (Å²) < 4.78 is 9.68. The van der Waals surface area contributed by atoms with E-state index in [-0.39, 0.29) is 18.0 Å². The van der Waals surface area contributed by atoms with Crippen LogP contribution in [0.4, 0.5) is 0 Å². The normalized spacial score (nSPS) is 11.6. The molecule has 0 amide bonds. The maximum atomic E-state index is 12.0. The molecule has 5 nitrogen and oxygen atoms in total. The van der Waals surface area contributed by atoms with Crippen LogP contribution in [0.5, 0.6) is 0 Å². The maximum absolute atomic E-state index is 12.0. The van der Waals surface area contributed by atoms with E-state index >= 15 is 0 Å². The van der Waals surface area contributed by atoms with Gasteiger partial charge in [0.15, 0.2) is 0 Å². The minimum Gasteiger partial charge on any atom is -0.466 e. The summed E-state index contributed by atoms with van der Waals surface area (Å²) in [7, 11) is 1.31. The summed E-state index contributed by atoms with van der Waals surface area (Å²) in [6, 6.07) is 9.44. The number of carbonyl (C=O) groups is 2. The molecule has 0 heterocycles. The van der Waals surface area contributed by atoms with Crippen LogP contribution in [0.25, 0.3) is 6.08 Å². The zero-order chi connectivity index (χ0) is 17.9. The Balaban J connectivity index is 3.06. The molecule has 24 heavy (non-hydrogen) atoms. The number of esters is 2. The Labute approximate surface area is 147 Å². The maximum Gasteiger partial charge on any atom is 0.339 e. The number of thiocarbonyl (C=S) groups is 1. The van der Waals surface area contributed by atoms with Gasteiger partial charge in [0.25, 0.3) is 0 Å². The molecule has 6 heteroatoms. The van der Waals surface area contributed by atoms with E-state index in [1.807, 2.05) is 30.3 Å². The molecule has 1 N–H and O–H groups in total. The van der Waals surface area contributed by atoms with Gasteiger partial charge in [-0.3, -0.25) is 4.79 Å². The second kappa shape index (κ2) is 10.3. The van der Waals surface area contributed by atoms with Gasteiger partial charge in [0.05, 0.1) is 36.4 Å². The van der Waals surface area contributed by atoms with Gasteiger partial charge in [0.2, 0.25) is 0 Å². The van der Waals surface area contributed by atoms with Gasteiger partial charge in [-0.15, -0.1) is 0 Å². The molecule has 128 valence electrons. The van der Waals surface area contributed by atoms with Crippen LogP contribution in [0.15, 0.2) is 47.7 Å². The predicted octanol–water partition coefficient (Wildman–Crippen LogP) is 3.02. The zero-order valence-electron chi connectivity index (χ0n) is 14.0. The van der Waals surface area contributed by atoms with Gasteiger partial charge in [-0.25, -0.2) is 4.79 Å². The molecule has 0 saturated carbocycles. The van der Waals surface area contributed by atoms with Crippen LogP contribution in [-0.4, -0.2) is 30.6 Å². The summed E-state index contributed by atoms with van der Waals surface area (Å²) >= 11 is 5.19. The molecule has 0 aliphatic heterocycles. The van der Waals surface area contributed by atoms with Gasteiger partial charge in [-0.1, -0.05) is 48.6 Å². The van der Waals surface area contributed by atoms with E-state index in [0.717, 1.165) is 5.56 Å². The number of ether oxygens (including phenoxy) is 2. The van der Waals surface area contributed by atoms with Crippen molar-refractivity contribution in [3.05, 3.63) is 53.2 Å². The fourth-order valence-corrected chi connectivity index (χ4v) is 2.16. The highest BCUT2D eigenvalue weighted by Crippen LogP contribution is 2.15. The molecule has 0 unspecified atom stereocenters. The number of benzene rings is 1. The number of rotatable bonds is 7. The van der Waals surface area contributed by atoms with Gasteiger partial charge in [-0.05, 0) is 25.5 Å². The Morgan fingerprint density at radius 3 is 2.46 bits per heavy atom. The first-order valence-corrected chi connectivity index (χ1v) is 7.89. The topological polar surface area (TPSA) is 64.6 Å². The first-order valence-electron chi connectivity index (χ1n) is 7.49. The van der Waals surface area contributed by atoms with Crippen LogP contribution in [0, 0.1) is 0 Å². The van der Waals surface area contributed by atoms with Crippen LogP contribution in [0.2, 0.25) is 0 Å². The third-order valence-electron chi connectivity index (χ3n) is 2.98. The molecule has 0 aliphatic rings. The second-order valence-electron chi connectivity index (χ2n) is 4.69. The number of hydrogen-bond donors (Lipinski definition) is 1. The number of allylic oxidation sites excluding steroid dienone is 1. The molecule has 1 rings (SSSR count). The van der Waals surface area contributed by atoms with Crippen molar-refractivity contribution in [1.82, 2.24) is 5.32 Å². The van der Waals surface area contributed by atoms with Crippen molar-refractivity contribution in [3.8, 4) is 0 Å². The molecule has 0 bridgehead atoms. The van der Waals surface area contributed by atoms with Crippen LogP contribution in [0.1, 0.15) is 25.8 Å². The summed E-state index contributed by atoms with van der Waals surface area (Å²) in [5.74, 6) is -0.916. The standard InChI is InChI=1S/C18H21NO4S/c1-4-14(18(21)22-3)15(11-13-9-7-6-8-10-13)19-16(24)12-17(20)23-5-2/h4,6-11H,5,12H2,1-3H3,(H,19,24)/b14-4+,15-11+. The predicted molar refractivity (Wildman–Crippen MR) is 97.2 cm³/mol. The van der Waals surface area contributed by atoms with Crippen molar-refractivity contribution in [3.63, 3.8) is 0 Å². The largest absolute Gasteiger partial charge is 0.466 e. The second-order valence-corrected chi connectivity index (χ2v) is 5.19. The summed E-state index contributed by atoms with van der Waals surface area (Å²) in [4.78, 5) is 23.8. The minimum absolute atomic E-state index is 0.0620. The first kappa shape index (κ1) is 19.6. The molecular formula is C18H21NO4S. The fraction of sp³-hybridized carbons (Fsp3) is 0.278. The average Bonchev–Trinajstić information content (AvgIpc) is 2.56. The highest BCUT2D eigenvalue weighted by molar-refractivity contribution is 7.80. The monoisotopic (exact) mass is 347 g/mol.